The zero-order valence-corrected chi connectivity index (χ0v) is 8.17. The normalized spacial score (nSPS) is 10.4. The monoisotopic (exact) mass is 215 g/mol. The molecule has 1 aromatic rings. The number of hydrogen-bond acceptors (Lipinski definition) is 3. The Morgan fingerprint density at radius 1 is 1.53 bits per heavy atom. The highest BCUT2D eigenvalue weighted by Gasteiger charge is 2.13. The van der Waals surface area contributed by atoms with E-state index in [2.05, 4.69) is 4.74 Å². The fourth-order valence-electron chi connectivity index (χ4n) is 1.09. The maximum Gasteiger partial charge on any atom is 0.338 e. The van der Waals surface area contributed by atoms with Crippen molar-refractivity contribution >= 4 is 11.7 Å². The largest absolute Gasteiger partial charge is 0.456 e. The minimum absolute atomic E-state index is 0.218. The third kappa shape index (κ3) is 2.90. The molecule has 0 fully saturated rings. The van der Waals surface area contributed by atoms with Crippen molar-refractivity contribution in [3.63, 3.8) is 0 Å². The van der Waals surface area contributed by atoms with Crippen LogP contribution >= 0.6 is 0 Å². The minimum Gasteiger partial charge on any atom is -0.456 e. The van der Waals surface area contributed by atoms with Crippen molar-refractivity contribution in [2.24, 2.45) is 0 Å². The Labute approximate surface area is 85.8 Å². The van der Waals surface area contributed by atoms with Crippen LogP contribution in [0.4, 0.5) is 14.5 Å². The van der Waals surface area contributed by atoms with Gasteiger partial charge in [0.1, 0.15) is 0 Å². The summed E-state index contributed by atoms with van der Waals surface area (Å²) in [6.45, 7) is 0.737. The summed E-state index contributed by atoms with van der Waals surface area (Å²) in [7, 11) is 0. The third-order valence-corrected chi connectivity index (χ3v) is 1.94. The van der Waals surface area contributed by atoms with E-state index in [1.54, 1.807) is 19.1 Å². The lowest BCUT2D eigenvalue weighted by Crippen LogP contribution is -2.13. The Bertz CT molecular complexity index is 366. The molecule has 0 unspecified atom stereocenters. The van der Waals surface area contributed by atoms with E-state index >= 15 is 0 Å². The molecule has 0 saturated heterocycles. The Morgan fingerprint density at radius 3 is 2.80 bits per heavy atom. The first-order valence-corrected chi connectivity index (χ1v) is 4.32. The average molecular weight is 215 g/mol. The molecule has 0 atom stereocenters. The molecule has 0 spiro atoms. The molecular weight excluding hydrogens is 204 g/mol. The highest BCUT2D eigenvalue weighted by Crippen LogP contribution is 2.16. The molecule has 1 rings (SSSR count). The van der Waals surface area contributed by atoms with E-state index in [0.717, 1.165) is 0 Å². The van der Waals surface area contributed by atoms with Crippen LogP contribution in [0.3, 0.4) is 0 Å². The number of rotatable bonds is 3. The minimum atomic E-state index is -2.66. The molecule has 15 heavy (non-hydrogen) atoms. The molecule has 0 aromatic heterocycles. The molecule has 0 saturated carbocycles. The molecule has 0 aliphatic heterocycles. The van der Waals surface area contributed by atoms with Crippen LogP contribution in [0.15, 0.2) is 18.2 Å². The summed E-state index contributed by atoms with van der Waals surface area (Å²) in [6.07, 6.45) is -2.66. The number of ether oxygens (including phenoxy) is 1. The molecule has 82 valence electrons. The summed E-state index contributed by atoms with van der Waals surface area (Å²) in [5.74, 6) is -0.778. The van der Waals surface area contributed by atoms with Crippen molar-refractivity contribution in [3.05, 3.63) is 29.3 Å². The van der Waals surface area contributed by atoms with Crippen LogP contribution < -0.4 is 5.73 Å². The van der Waals surface area contributed by atoms with Crippen LogP contribution in [0.5, 0.6) is 0 Å². The van der Waals surface area contributed by atoms with Crippen LogP contribution in [0.1, 0.15) is 15.9 Å². The average Bonchev–Trinajstić information content (AvgIpc) is 2.18. The maximum absolute atomic E-state index is 11.8. The van der Waals surface area contributed by atoms with Crippen LogP contribution in [0.25, 0.3) is 0 Å². The number of nitrogens with two attached hydrogens (primary N) is 1. The molecule has 3 nitrogen and oxygen atoms in total. The van der Waals surface area contributed by atoms with Crippen molar-refractivity contribution < 1.29 is 18.3 Å². The predicted molar refractivity (Wildman–Crippen MR) is 51.9 cm³/mol. The summed E-state index contributed by atoms with van der Waals surface area (Å²) in [5, 5.41) is 0. The van der Waals surface area contributed by atoms with Gasteiger partial charge >= 0.3 is 5.97 Å². The number of halogens is 2. The van der Waals surface area contributed by atoms with Gasteiger partial charge in [0, 0.05) is 5.69 Å². The quantitative estimate of drug-likeness (QED) is 0.619. The van der Waals surface area contributed by atoms with E-state index < -0.39 is 19.0 Å². The molecule has 0 heterocycles. The lowest BCUT2D eigenvalue weighted by atomic mass is 10.1. The zero-order chi connectivity index (χ0) is 11.4. The SMILES string of the molecule is Cc1c(N)cccc1C(=O)OCC(F)F. The smallest absolute Gasteiger partial charge is 0.338 e. The standard InChI is InChI=1S/C10H11F2NO2/c1-6-7(3-2-4-8(6)13)10(14)15-5-9(11)12/h2-4,9H,5,13H2,1H3. The van der Waals surface area contributed by atoms with Gasteiger partial charge in [-0.2, -0.15) is 0 Å². The topological polar surface area (TPSA) is 52.3 Å². The van der Waals surface area contributed by atoms with Gasteiger partial charge in [-0.15, -0.1) is 0 Å². The fourth-order valence-corrected chi connectivity index (χ4v) is 1.09. The van der Waals surface area contributed by atoms with Gasteiger partial charge in [0.2, 0.25) is 0 Å². The Kier molecular flexibility index (Phi) is 3.60. The second kappa shape index (κ2) is 4.72. The Balaban J connectivity index is 2.78. The Hall–Kier alpha value is -1.65. The molecule has 5 heteroatoms. The zero-order valence-electron chi connectivity index (χ0n) is 8.17. The highest BCUT2D eigenvalue weighted by molar-refractivity contribution is 5.92. The van der Waals surface area contributed by atoms with E-state index in [1.165, 1.54) is 6.07 Å². The van der Waals surface area contributed by atoms with Gasteiger partial charge in [-0.05, 0) is 24.6 Å². The highest BCUT2D eigenvalue weighted by atomic mass is 19.3. The summed E-state index contributed by atoms with van der Waals surface area (Å²) < 4.78 is 28.0. The second-order valence-corrected chi connectivity index (χ2v) is 3.01. The van der Waals surface area contributed by atoms with E-state index in [1.807, 2.05) is 0 Å². The van der Waals surface area contributed by atoms with Gasteiger partial charge in [-0.25, -0.2) is 13.6 Å². The van der Waals surface area contributed by atoms with Crippen LogP contribution in [-0.4, -0.2) is 19.0 Å². The lowest BCUT2D eigenvalue weighted by Gasteiger charge is -2.07. The first-order valence-electron chi connectivity index (χ1n) is 4.32. The molecular formula is C10H11F2NO2. The summed E-state index contributed by atoms with van der Waals surface area (Å²) in [6, 6.07) is 4.68. The van der Waals surface area contributed by atoms with Crippen LogP contribution in [-0.2, 0) is 4.74 Å². The number of alkyl halides is 2. The molecule has 0 bridgehead atoms. The number of carbonyl (C=O) groups is 1. The van der Waals surface area contributed by atoms with Gasteiger partial charge < -0.3 is 10.5 Å². The number of carbonyl (C=O) groups excluding carboxylic acids is 1. The summed E-state index contributed by atoms with van der Waals surface area (Å²) in [4.78, 5) is 11.3. The number of benzene rings is 1. The molecule has 0 amide bonds. The van der Waals surface area contributed by atoms with Crippen molar-refractivity contribution in [1.29, 1.82) is 0 Å². The van der Waals surface area contributed by atoms with Gasteiger partial charge in [0.15, 0.2) is 6.61 Å². The third-order valence-electron chi connectivity index (χ3n) is 1.94. The number of esters is 1. The molecule has 2 N–H and O–H groups in total. The van der Waals surface area contributed by atoms with Crippen LogP contribution in [0, 0.1) is 6.92 Å². The molecule has 0 radical (unpaired) electrons. The Morgan fingerprint density at radius 2 is 2.20 bits per heavy atom. The van der Waals surface area contributed by atoms with Gasteiger partial charge in [-0.1, -0.05) is 6.07 Å². The molecule has 0 aliphatic carbocycles. The summed E-state index contributed by atoms with van der Waals surface area (Å²) in [5.41, 5.74) is 6.75. The van der Waals surface area contributed by atoms with Crippen molar-refractivity contribution in [2.75, 3.05) is 12.3 Å². The lowest BCUT2D eigenvalue weighted by molar-refractivity contribution is 0.0159. The van der Waals surface area contributed by atoms with E-state index in [-0.39, 0.29) is 5.56 Å². The predicted octanol–water partition coefficient (Wildman–Crippen LogP) is 2.00. The number of hydrogen-bond donors (Lipinski definition) is 1. The van der Waals surface area contributed by atoms with Gasteiger partial charge in [-0.3, -0.25) is 0 Å². The maximum atomic E-state index is 11.8. The van der Waals surface area contributed by atoms with E-state index in [4.69, 9.17) is 5.73 Å². The second-order valence-electron chi connectivity index (χ2n) is 3.01. The number of nitrogen functional groups attached to an aromatic ring is 1. The molecule has 0 aliphatic rings. The van der Waals surface area contributed by atoms with Gasteiger partial charge in [0.05, 0.1) is 5.56 Å². The number of anilines is 1. The first kappa shape index (κ1) is 11.4. The van der Waals surface area contributed by atoms with Gasteiger partial charge in [0.25, 0.3) is 6.43 Å². The first-order chi connectivity index (χ1) is 7.02. The van der Waals surface area contributed by atoms with Crippen LogP contribution in [0.2, 0.25) is 0 Å². The van der Waals surface area contributed by atoms with Crippen molar-refractivity contribution in [1.82, 2.24) is 0 Å². The van der Waals surface area contributed by atoms with Crippen molar-refractivity contribution in [2.45, 2.75) is 13.3 Å². The van der Waals surface area contributed by atoms with E-state index in [9.17, 15) is 13.6 Å². The summed E-state index contributed by atoms with van der Waals surface area (Å²) >= 11 is 0. The molecule has 1 aromatic carbocycles. The fraction of sp³-hybridized carbons (Fsp3) is 0.300. The van der Waals surface area contributed by atoms with E-state index in [0.29, 0.717) is 11.3 Å². The van der Waals surface area contributed by atoms with Crippen molar-refractivity contribution in [3.8, 4) is 0 Å².